The van der Waals surface area contributed by atoms with Gasteiger partial charge in [-0.05, 0) is 55.4 Å². The van der Waals surface area contributed by atoms with Gasteiger partial charge in [0.2, 0.25) is 5.16 Å². The summed E-state index contributed by atoms with van der Waals surface area (Å²) in [5, 5.41) is 20.9. The van der Waals surface area contributed by atoms with E-state index in [1.807, 2.05) is 30.3 Å². The number of nitrogens with zero attached hydrogens (tertiary/aromatic N) is 3. The van der Waals surface area contributed by atoms with Crippen molar-refractivity contribution in [2.75, 3.05) is 0 Å². The number of carbonyl (C=O) groups is 1. The summed E-state index contributed by atoms with van der Waals surface area (Å²) in [5.74, 6) is -0.623. The van der Waals surface area contributed by atoms with Crippen LogP contribution in [0.2, 0.25) is 0 Å². The molecule has 4 rings (SSSR count). The van der Waals surface area contributed by atoms with E-state index in [2.05, 4.69) is 38.8 Å². The number of benzene rings is 2. The standard InChI is InChI=1S/C20H18N4O2S/c1-3-24-16-7-5-4-6-14(16)15-10-13(8-9-17(15)24)11-18(19(25)26)27-20-21-12(2)22-23-20/h4-11H,3H2,1-2H3,(H,25,26)(H,21,22,23)/p-1/b18-11+. The number of aryl methyl sites for hydroxylation is 2. The Kier molecular flexibility index (Phi) is 4.45. The van der Waals surface area contributed by atoms with Crippen molar-refractivity contribution in [2.45, 2.75) is 25.5 Å². The summed E-state index contributed by atoms with van der Waals surface area (Å²) in [6.07, 6.45) is 1.60. The Bertz CT molecular complexity index is 1190. The van der Waals surface area contributed by atoms with Gasteiger partial charge in [0.1, 0.15) is 5.82 Å². The monoisotopic (exact) mass is 377 g/mol. The number of thioether (sulfide) groups is 1. The van der Waals surface area contributed by atoms with E-state index in [4.69, 9.17) is 0 Å². The minimum Gasteiger partial charge on any atom is -0.544 e. The Morgan fingerprint density at radius 1 is 1.22 bits per heavy atom. The average molecular weight is 377 g/mol. The quantitative estimate of drug-likeness (QED) is 0.426. The molecule has 0 radical (unpaired) electrons. The van der Waals surface area contributed by atoms with Gasteiger partial charge in [0.05, 0.1) is 5.97 Å². The van der Waals surface area contributed by atoms with Crippen LogP contribution in [0, 0.1) is 6.92 Å². The number of carboxylic acids is 1. The summed E-state index contributed by atoms with van der Waals surface area (Å²) in [6.45, 7) is 4.74. The molecule has 0 fully saturated rings. The fourth-order valence-corrected chi connectivity index (χ4v) is 4.00. The summed E-state index contributed by atoms with van der Waals surface area (Å²) < 4.78 is 2.25. The normalized spacial score (nSPS) is 12.1. The van der Waals surface area contributed by atoms with Gasteiger partial charge < -0.3 is 14.5 Å². The second-order valence-corrected chi connectivity index (χ2v) is 7.15. The summed E-state index contributed by atoms with van der Waals surface area (Å²) in [5.41, 5.74) is 3.09. The maximum Gasteiger partial charge on any atom is 0.213 e. The first-order valence-corrected chi connectivity index (χ1v) is 9.39. The van der Waals surface area contributed by atoms with Crippen LogP contribution in [0.25, 0.3) is 27.9 Å². The van der Waals surface area contributed by atoms with Gasteiger partial charge in [-0.15, -0.1) is 5.10 Å². The number of para-hydroxylation sites is 1. The van der Waals surface area contributed by atoms with Crippen molar-refractivity contribution in [1.82, 2.24) is 19.7 Å². The SMILES string of the molecule is CCn1c2ccccc2c2cc(/C=C(/Sc3n[nH]c(C)n3)C(=O)[O-])ccc21. The Labute approximate surface area is 159 Å². The molecule has 27 heavy (non-hydrogen) atoms. The van der Waals surface area contributed by atoms with Crippen LogP contribution >= 0.6 is 11.8 Å². The molecule has 0 unspecified atom stereocenters. The largest absolute Gasteiger partial charge is 0.544 e. The number of nitrogens with one attached hydrogen (secondary N) is 1. The highest BCUT2D eigenvalue weighted by atomic mass is 32.2. The van der Waals surface area contributed by atoms with E-state index >= 15 is 0 Å². The Hall–Kier alpha value is -3.06. The topological polar surface area (TPSA) is 86.6 Å². The second-order valence-electron chi connectivity index (χ2n) is 6.14. The van der Waals surface area contributed by atoms with Crippen LogP contribution in [0.15, 0.2) is 52.5 Å². The molecule has 136 valence electrons. The molecule has 0 aliphatic carbocycles. The predicted octanol–water partition coefficient (Wildman–Crippen LogP) is 3.12. The molecular formula is C20H17N4O2S-. The lowest BCUT2D eigenvalue weighted by molar-refractivity contribution is -0.297. The first kappa shape index (κ1) is 17.4. The fourth-order valence-electron chi connectivity index (χ4n) is 3.25. The van der Waals surface area contributed by atoms with Crippen molar-refractivity contribution in [3.63, 3.8) is 0 Å². The van der Waals surface area contributed by atoms with E-state index in [9.17, 15) is 9.90 Å². The molecule has 0 amide bonds. The number of aliphatic carboxylic acids is 1. The first-order valence-electron chi connectivity index (χ1n) is 8.57. The van der Waals surface area contributed by atoms with Crippen LogP contribution in [0.4, 0.5) is 0 Å². The Balaban J connectivity index is 1.81. The summed E-state index contributed by atoms with van der Waals surface area (Å²) in [7, 11) is 0. The van der Waals surface area contributed by atoms with Gasteiger partial charge >= 0.3 is 0 Å². The molecule has 6 nitrogen and oxygen atoms in total. The van der Waals surface area contributed by atoms with Gasteiger partial charge in [-0.2, -0.15) is 0 Å². The number of rotatable bonds is 5. The number of carboxylic acid groups (broad SMARTS) is 1. The third kappa shape index (κ3) is 3.21. The Morgan fingerprint density at radius 3 is 2.70 bits per heavy atom. The molecule has 0 bridgehead atoms. The van der Waals surface area contributed by atoms with Gasteiger partial charge in [0, 0.05) is 33.3 Å². The van der Waals surface area contributed by atoms with Crippen LogP contribution in [-0.2, 0) is 11.3 Å². The summed E-state index contributed by atoms with van der Waals surface area (Å²) in [4.78, 5) is 15.8. The number of hydrogen-bond acceptors (Lipinski definition) is 5. The van der Waals surface area contributed by atoms with E-state index in [1.165, 1.54) is 5.52 Å². The zero-order valence-corrected chi connectivity index (χ0v) is 15.7. The zero-order valence-electron chi connectivity index (χ0n) is 14.9. The minimum absolute atomic E-state index is 0.0626. The van der Waals surface area contributed by atoms with Crippen LogP contribution < -0.4 is 5.11 Å². The van der Waals surface area contributed by atoms with Crippen LogP contribution in [0.5, 0.6) is 0 Å². The molecule has 0 saturated carbocycles. The van der Waals surface area contributed by atoms with Crippen LogP contribution in [0.1, 0.15) is 18.3 Å². The predicted molar refractivity (Wildman–Crippen MR) is 105 cm³/mol. The average Bonchev–Trinajstić information content (AvgIpc) is 3.21. The maximum atomic E-state index is 11.6. The zero-order chi connectivity index (χ0) is 19.0. The highest BCUT2D eigenvalue weighted by Crippen LogP contribution is 2.31. The van der Waals surface area contributed by atoms with Gasteiger partial charge in [-0.1, -0.05) is 24.3 Å². The van der Waals surface area contributed by atoms with E-state index in [-0.39, 0.29) is 4.91 Å². The highest BCUT2D eigenvalue weighted by molar-refractivity contribution is 8.04. The summed E-state index contributed by atoms with van der Waals surface area (Å²) in [6, 6.07) is 14.2. The molecule has 0 aliphatic heterocycles. The van der Waals surface area contributed by atoms with Gasteiger partial charge in [0.25, 0.3) is 0 Å². The molecule has 0 spiro atoms. The molecule has 0 aliphatic rings. The number of carbonyl (C=O) groups excluding carboxylic acids is 1. The fraction of sp³-hybridized carbons (Fsp3) is 0.150. The van der Waals surface area contributed by atoms with Crippen LogP contribution in [0.3, 0.4) is 0 Å². The first-order chi connectivity index (χ1) is 13.1. The highest BCUT2D eigenvalue weighted by Gasteiger charge is 2.11. The number of H-pyrrole nitrogens is 1. The lowest BCUT2D eigenvalue weighted by atomic mass is 10.1. The molecule has 7 heteroatoms. The van der Waals surface area contributed by atoms with Crippen molar-refractivity contribution in [2.24, 2.45) is 0 Å². The van der Waals surface area contributed by atoms with E-state index in [1.54, 1.807) is 13.0 Å². The van der Waals surface area contributed by atoms with Gasteiger partial charge in [-0.25, -0.2) is 4.98 Å². The maximum absolute atomic E-state index is 11.6. The second kappa shape index (κ2) is 6.92. The van der Waals surface area contributed by atoms with Crippen molar-refractivity contribution >= 4 is 45.6 Å². The molecule has 4 aromatic rings. The number of fused-ring (bicyclic) bond motifs is 3. The molecule has 0 saturated heterocycles. The third-order valence-electron chi connectivity index (χ3n) is 4.39. The van der Waals surface area contributed by atoms with Crippen molar-refractivity contribution in [3.8, 4) is 0 Å². The summed E-state index contributed by atoms with van der Waals surface area (Å²) >= 11 is 0.972. The van der Waals surface area contributed by atoms with Crippen LogP contribution in [-0.4, -0.2) is 25.7 Å². The number of aromatic amines is 1. The lowest BCUT2D eigenvalue weighted by Crippen LogP contribution is -2.23. The lowest BCUT2D eigenvalue weighted by Gasteiger charge is -2.06. The number of hydrogen-bond donors (Lipinski definition) is 1. The molecular weight excluding hydrogens is 360 g/mol. The molecule has 1 N–H and O–H groups in total. The van der Waals surface area contributed by atoms with E-state index in [0.29, 0.717) is 11.0 Å². The van der Waals surface area contributed by atoms with E-state index < -0.39 is 5.97 Å². The molecule has 0 atom stereocenters. The Morgan fingerprint density at radius 2 is 2.00 bits per heavy atom. The van der Waals surface area contributed by atoms with Gasteiger partial charge in [0.15, 0.2) is 0 Å². The molecule has 2 aromatic heterocycles. The number of aromatic nitrogens is 4. The third-order valence-corrected chi connectivity index (χ3v) is 5.26. The molecule has 2 aromatic carbocycles. The van der Waals surface area contributed by atoms with Crippen molar-refractivity contribution in [1.29, 1.82) is 0 Å². The van der Waals surface area contributed by atoms with Gasteiger partial charge in [-0.3, -0.25) is 5.10 Å². The smallest absolute Gasteiger partial charge is 0.213 e. The van der Waals surface area contributed by atoms with Crippen molar-refractivity contribution < 1.29 is 9.90 Å². The van der Waals surface area contributed by atoms with Crippen molar-refractivity contribution in [3.05, 3.63) is 58.8 Å². The molecule has 2 heterocycles. The van der Waals surface area contributed by atoms with E-state index in [0.717, 1.165) is 40.2 Å². The minimum atomic E-state index is -1.25.